The van der Waals surface area contributed by atoms with Crippen LogP contribution in [-0.4, -0.2) is 0 Å². The first kappa shape index (κ1) is 24.8. The summed E-state index contributed by atoms with van der Waals surface area (Å²) >= 11 is 0. The van der Waals surface area contributed by atoms with Gasteiger partial charge in [0.05, 0.1) is 0 Å². The molecule has 0 unspecified atom stereocenters. The average Bonchev–Trinajstić information content (AvgIpc) is 3.02. The fraction of sp³-hybridized carbons (Fsp3) is 0.0952. The van der Waals surface area contributed by atoms with Gasteiger partial charge < -0.3 is 0 Å². The van der Waals surface area contributed by atoms with Crippen LogP contribution in [0.5, 0.6) is 0 Å². The van der Waals surface area contributed by atoms with Gasteiger partial charge in [0.1, 0.15) is 0 Å². The Kier molecular flexibility index (Phi) is 5.49. The van der Waals surface area contributed by atoms with Crippen molar-refractivity contribution in [2.24, 2.45) is 0 Å². The first-order valence-electron chi connectivity index (χ1n) is 14.8. The maximum Gasteiger partial charge on any atom is -0.00268 e. The molecule has 8 aromatic rings. The van der Waals surface area contributed by atoms with Gasteiger partial charge in [-0.2, -0.15) is 0 Å². The Morgan fingerprint density at radius 1 is 0.333 bits per heavy atom. The highest BCUT2D eigenvalue weighted by atomic mass is 14.2. The SMILES string of the molecule is CC(C)(C)c1ccc2c(ccc3ccc4cc(-c5ccc6cc(-c7ccc8ccccc8c7)ccc6c5)ccc4c32)c1. The van der Waals surface area contributed by atoms with E-state index >= 15 is 0 Å². The minimum absolute atomic E-state index is 0.134. The summed E-state index contributed by atoms with van der Waals surface area (Å²) in [5, 5.41) is 12.9. The van der Waals surface area contributed by atoms with Crippen molar-refractivity contribution in [3.63, 3.8) is 0 Å². The zero-order valence-electron chi connectivity index (χ0n) is 24.3. The molecule has 0 bridgehead atoms. The topological polar surface area (TPSA) is 0 Å². The van der Waals surface area contributed by atoms with Gasteiger partial charge in [-0.15, -0.1) is 0 Å². The third-order valence-corrected chi connectivity index (χ3v) is 8.94. The van der Waals surface area contributed by atoms with Crippen molar-refractivity contribution in [1.82, 2.24) is 0 Å². The van der Waals surface area contributed by atoms with Crippen LogP contribution in [0.2, 0.25) is 0 Å². The fourth-order valence-electron chi connectivity index (χ4n) is 6.51. The Morgan fingerprint density at radius 2 is 0.738 bits per heavy atom. The van der Waals surface area contributed by atoms with Crippen molar-refractivity contribution in [3.8, 4) is 22.3 Å². The van der Waals surface area contributed by atoms with Gasteiger partial charge in [0, 0.05) is 0 Å². The van der Waals surface area contributed by atoms with E-state index in [1.807, 2.05) is 0 Å². The molecule has 0 aliphatic heterocycles. The van der Waals surface area contributed by atoms with E-state index in [2.05, 4.69) is 160 Å². The molecule has 0 fully saturated rings. The van der Waals surface area contributed by atoms with E-state index < -0.39 is 0 Å². The molecular formula is C42H32. The van der Waals surface area contributed by atoms with E-state index in [4.69, 9.17) is 0 Å². The van der Waals surface area contributed by atoms with Gasteiger partial charge in [-0.05, 0) is 111 Å². The summed E-state index contributed by atoms with van der Waals surface area (Å²) in [6.45, 7) is 6.84. The zero-order chi connectivity index (χ0) is 28.4. The van der Waals surface area contributed by atoms with Crippen LogP contribution in [-0.2, 0) is 5.41 Å². The summed E-state index contributed by atoms with van der Waals surface area (Å²) in [5.41, 5.74) is 6.50. The monoisotopic (exact) mass is 536 g/mol. The molecule has 8 rings (SSSR count). The number of benzene rings is 8. The number of rotatable bonds is 2. The minimum Gasteiger partial charge on any atom is -0.0616 e. The summed E-state index contributed by atoms with van der Waals surface area (Å²) in [6, 6.07) is 52.0. The van der Waals surface area contributed by atoms with Gasteiger partial charge in [-0.3, -0.25) is 0 Å². The van der Waals surface area contributed by atoms with E-state index in [0.717, 1.165) is 0 Å². The second-order valence-electron chi connectivity index (χ2n) is 12.7. The Hall–Kier alpha value is -4.94. The van der Waals surface area contributed by atoms with Gasteiger partial charge in [0.25, 0.3) is 0 Å². The Balaban J connectivity index is 1.19. The highest BCUT2D eigenvalue weighted by Gasteiger charge is 2.15. The summed E-state index contributed by atoms with van der Waals surface area (Å²) in [6.07, 6.45) is 0. The highest BCUT2D eigenvalue weighted by molar-refractivity contribution is 6.20. The number of hydrogen-bond donors (Lipinski definition) is 0. The second-order valence-corrected chi connectivity index (χ2v) is 12.7. The van der Waals surface area contributed by atoms with Gasteiger partial charge in [0.15, 0.2) is 0 Å². The Morgan fingerprint density at radius 3 is 1.33 bits per heavy atom. The molecule has 0 aromatic heterocycles. The molecule has 0 atom stereocenters. The van der Waals surface area contributed by atoms with E-state index in [-0.39, 0.29) is 5.41 Å². The lowest BCUT2D eigenvalue weighted by Crippen LogP contribution is -2.10. The van der Waals surface area contributed by atoms with Crippen LogP contribution >= 0.6 is 0 Å². The molecule has 0 aliphatic rings. The van der Waals surface area contributed by atoms with Crippen molar-refractivity contribution in [2.75, 3.05) is 0 Å². The highest BCUT2D eigenvalue weighted by Crippen LogP contribution is 2.37. The average molecular weight is 537 g/mol. The van der Waals surface area contributed by atoms with Crippen LogP contribution in [0, 0.1) is 0 Å². The summed E-state index contributed by atoms with van der Waals surface area (Å²) in [5.74, 6) is 0. The molecule has 0 N–H and O–H groups in total. The van der Waals surface area contributed by atoms with Gasteiger partial charge in [-0.1, -0.05) is 136 Å². The molecule has 0 radical (unpaired) electrons. The molecule has 200 valence electrons. The number of hydrogen-bond acceptors (Lipinski definition) is 0. The molecular weight excluding hydrogens is 504 g/mol. The summed E-state index contributed by atoms with van der Waals surface area (Å²) < 4.78 is 0. The quantitative estimate of drug-likeness (QED) is 0.193. The van der Waals surface area contributed by atoms with Crippen LogP contribution in [0.15, 0.2) is 140 Å². The lowest BCUT2D eigenvalue weighted by Gasteiger charge is -2.20. The van der Waals surface area contributed by atoms with Crippen molar-refractivity contribution in [1.29, 1.82) is 0 Å². The van der Waals surface area contributed by atoms with Crippen molar-refractivity contribution < 1.29 is 0 Å². The zero-order valence-corrected chi connectivity index (χ0v) is 24.3. The normalized spacial score (nSPS) is 12.2. The number of fused-ring (bicyclic) bond motifs is 7. The lowest BCUT2D eigenvalue weighted by atomic mass is 9.85. The fourth-order valence-corrected chi connectivity index (χ4v) is 6.51. The van der Waals surface area contributed by atoms with Crippen LogP contribution < -0.4 is 0 Å². The molecule has 0 heterocycles. The Labute approximate surface area is 246 Å². The summed E-state index contributed by atoms with van der Waals surface area (Å²) in [4.78, 5) is 0. The van der Waals surface area contributed by atoms with Crippen molar-refractivity contribution >= 4 is 53.9 Å². The van der Waals surface area contributed by atoms with E-state index in [9.17, 15) is 0 Å². The molecule has 42 heavy (non-hydrogen) atoms. The molecule has 0 nitrogen and oxygen atoms in total. The third-order valence-electron chi connectivity index (χ3n) is 8.94. The molecule has 0 saturated heterocycles. The first-order valence-corrected chi connectivity index (χ1v) is 14.8. The first-order chi connectivity index (χ1) is 20.4. The van der Waals surface area contributed by atoms with Crippen LogP contribution in [0.3, 0.4) is 0 Å². The van der Waals surface area contributed by atoms with E-state index in [1.165, 1.54) is 81.7 Å². The largest absolute Gasteiger partial charge is 0.0616 e. The molecule has 0 saturated carbocycles. The lowest BCUT2D eigenvalue weighted by molar-refractivity contribution is 0.591. The molecule has 8 aromatic carbocycles. The second kappa shape index (κ2) is 9.29. The predicted octanol–water partition coefficient (Wildman–Crippen LogP) is 12.1. The van der Waals surface area contributed by atoms with Gasteiger partial charge in [0.2, 0.25) is 0 Å². The Bertz CT molecular complexity index is 2330. The van der Waals surface area contributed by atoms with Crippen LogP contribution in [0.4, 0.5) is 0 Å². The third kappa shape index (κ3) is 4.14. The van der Waals surface area contributed by atoms with Gasteiger partial charge >= 0.3 is 0 Å². The maximum atomic E-state index is 2.36. The standard InChI is InChI=1S/C42H32/c1-42(2,3)38-19-21-40-37(26-38)17-10-28-9-16-36-25-35(18-20-39(36)41(28)40)34-15-14-32-23-31(12-13-33(32)24-34)30-11-8-27-6-4-5-7-29(27)22-30/h4-26H,1-3H3. The molecule has 0 heteroatoms. The van der Waals surface area contributed by atoms with Crippen molar-refractivity contribution in [2.45, 2.75) is 26.2 Å². The van der Waals surface area contributed by atoms with Crippen LogP contribution in [0.25, 0.3) is 76.1 Å². The van der Waals surface area contributed by atoms with Crippen LogP contribution in [0.1, 0.15) is 26.3 Å². The maximum absolute atomic E-state index is 2.36. The van der Waals surface area contributed by atoms with Gasteiger partial charge in [-0.25, -0.2) is 0 Å². The van der Waals surface area contributed by atoms with E-state index in [1.54, 1.807) is 0 Å². The minimum atomic E-state index is 0.134. The molecule has 0 aliphatic carbocycles. The molecule has 0 amide bonds. The summed E-state index contributed by atoms with van der Waals surface area (Å²) in [7, 11) is 0. The van der Waals surface area contributed by atoms with E-state index in [0.29, 0.717) is 0 Å². The van der Waals surface area contributed by atoms with Crippen molar-refractivity contribution in [3.05, 3.63) is 145 Å². The smallest absolute Gasteiger partial charge is 0.00268 e. The molecule has 0 spiro atoms. The predicted molar refractivity (Wildman–Crippen MR) is 184 cm³/mol.